The van der Waals surface area contributed by atoms with Crippen molar-refractivity contribution in [3.63, 3.8) is 0 Å². The highest BCUT2D eigenvalue weighted by Crippen LogP contribution is 2.15. The second-order valence-corrected chi connectivity index (χ2v) is 7.03. The van der Waals surface area contributed by atoms with Crippen molar-refractivity contribution < 1.29 is 21.9 Å². The lowest BCUT2D eigenvalue weighted by molar-refractivity contribution is 0.367. The number of aryl methyl sites for hydroxylation is 1. The minimum Gasteiger partial charge on any atom is -0.481 e. The van der Waals surface area contributed by atoms with E-state index in [1.807, 2.05) is 31.2 Å². The highest BCUT2D eigenvalue weighted by atomic mass is 32.2. The SMILES string of the molecule is Cc1ccccc1OCC#CCNS(=O)(=O)Cc1cc(F)ccc1F. The molecule has 0 spiro atoms. The molecule has 2 aromatic rings. The Morgan fingerprint density at radius 3 is 2.64 bits per heavy atom. The third kappa shape index (κ3) is 6.18. The first kappa shape index (κ1) is 18.9. The van der Waals surface area contributed by atoms with Gasteiger partial charge in [0.25, 0.3) is 0 Å². The normalized spacial score (nSPS) is 10.8. The first-order valence-corrected chi connectivity index (χ1v) is 9.08. The maximum atomic E-state index is 13.5. The molecule has 0 atom stereocenters. The molecule has 132 valence electrons. The van der Waals surface area contributed by atoms with Crippen LogP contribution in [0.3, 0.4) is 0 Å². The average molecular weight is 365 g/mol. The summed E-state index contributed by atoms with van der Waals surface area (Å²) in [4.78, 5) is 0. The molecule has 0 amide bonds. The number of hydrogen-bond donors (Lipinski definition) is 1. The van der Waals surface area contributed by atoms with Crippen molar-refractivity contribution in [2.45, 2.75) is 12.7 Å². The van der Waals surface area contributed by atoms with E-state index in [-0.39, 0.29) is 18.7 Å². The molecule has 25 heavy (non-hydrogen) atoms. The third-order valence-electron chi connectivity index (χ3n) is 3.25. The number of benzene rings is 2. The molecule has 0 heterocycles. The van der Waals surface area contributed by atoms with E-state index in [4.69, 9.17) is 4.74 Å². The van der Waals surface area contributed by atoms with Crippen molar-refractivity contribution in [1.82, 2.24) is 4.72 Å². The number of para-hydroxylation sites is 1. The van der Waals surface area contributed by atoms with Gasteiger partial charge in [-0.25, -0.2) is 21.9 Å². The Labute approximate surface area is 145 Å². The van der Waals surface area contributed by atoms with Crippen LogP contribution in [0.2, 0.25) is 0 Å². The lowest BCUT2D eigenvalue weighted by Gasteiger charge is -2.06. The summed E-state index contributed by atoms with van der Waals surface area (Å²) in [5.41, 5.74) is 0.741. The fraction of sp³-hybridized carbons (Fsp3) is 0.222. The Morgan fingerprint density at radius 1 is 1.12 bits per heavy atom. The van der Waals surface area contributed by atoms with E-state index in [9.17, 15) is 17.2 Å². The molecular formula is C18H17F2NO3S. The molecule has 0 aliphatic carbocycles. The van der Waals surface area contributed by atoms with Gasteiger partial charge in [-0.1, -0.05) is 30.0 Å². The Morgan fingerprint density at radius 2 is 1.88 bits per heavy atom. The Hall–Kier alpha value is -2.43. The van der Waals surface area contributed by atoms with E-state index in [1.54, 1.807) is 0 Å². The van der Waals surface area contributed by atoms with Crippen LogP contribution in [-0.2, 0) is 15.8 Å². The Balaban J connectivity index is 1.83. The largest absolute Gasteiger partial charge is 0.481 e. The van der Waals surface area contributed by atoms with Crippen molar-refractivity contribution in [1.29, 1.82) is 0 Å². The number of sulfonamides is 1. The fourth-order valence-corrected chi connectivity index (χ4v) is 3.03. The molecule has 0 saturated carbocycles. The van der Waals surface area contributed by atoms with Crippen LogP contribution >= 0.6 is 0 Å². The number of halogens is 2. The molecule has 1 N–H and O–H groups in total. The summed E-state index contributed by atoms with van der Waals surface area (Å²) in [6.45, 7) is 1.88. The van der Waals surface area contributed by atoms with E-state index in [0.29, 0.717) is 5.75 Å². The van der Waals surface area contributed by atoms with Gasteiger partial charge < -0.3 is 4.74 Å². The molecular weight excluding hydrogens is 348 g/mol. The zero-order valence-corrected chi connectivity index (χ0v) is 14.4. The van der Waals surface area contributed by atoms with Crippen LogP contribution in [0.4, 0.5) is 8.78 Å². The van der Waals surface area contributed by atoms with Crippen LogP contribution in [0.15, 0.2) is 42.5 Å². The van der Waals surface area contributed by atoms with Gasteiger partial charge in [0.2, 0.25) is 10.0 Å². The average Bonchev–Trinajstić information content (AvgIpc) is 2.55. The van der Waals surface area contributed by atoms with Crippen LogP contribution in [0.5, 0.6) is 5.75 Å². The van der Waals surface area contributed by atoms with E-state index < -0.39 is 27.4 Å². The zero-order chi connectivity index (χ0) is 18.3. The van der Waals surface area contributed by atoms with Crippen molar-refractivity contribution in [2.24, 2.45) is 0 Å². The van der Waals surface area contributed by atoms with Crippen LogP contribution in [0.1, 0.15) is 11.1 Å². The monoisotopic (exact) mass is 365 g/mol. The molecule has 0 aliphatic rings. The maximum Gasteiger partial charge on any atom is 0.216 e. The van der Waals surface area contributed by atoms with Gasteiger partial charge in [0.05, 0.1) is 12.3 Å². The highest BCUT2D eigenvalue weighted by Gasteiger charge is 2.14. The lowest BCUT2D eigenvalue weighted by Crippen LogP contribution is -2.26. The molecule has 0 bridgehead atoms. The van der Waals surface area contributed by atoms with Gasteiger partial charge >= 0.3 is 0 Å². The second-order valence-electron chi connectivity index (χ2n) is 5.22. The summed E-state index contributed by atoms with van der Waals surface area (Å²) in [5, 5.41) is 0. The van der Waals surface area contributed by atoms with Crippen LogP contribution in [-0.4, -0.2) is 21.6 Å². The first-order chi connectivity index (χ1) is 11.9. The van der Waals surface area contributed by atoms with Gasteiger partial charge in [-0.05, 0) is 36.8 Å². The van der Waals surface area contributed by atoms with Gasteiger partial charge in [-0.3, -0.25) is 0 Å². The number of rotatable bonds is 6. The van der Waals surface area contributed by atoms with E-state index in [1.165, 1.54) is 0 Å². The summed E-state index contributed by atoms with van der Waals surface area (Å²) in [6, 6.07) is 10.1. The molecule has 0 aliphatic heterocycles. The Bertz CT molecular complexity index is 902. The van der Waals surface area contributed by atoms with E-state index >= 15 is 0 Å². The molecule has 0 aromatic heterocycles. The molecule has 7 heteroatoms. The summed E-state index contributed by atoms with van der Waals surface area (Å²) in [7, 11) is -3.82. The molecule has 4 nitrogen and oxygen atoms in total. The zero-order valence-electron chi connectivity index (χ0n) is 13.6. The predicted octanol–water partition coefficient (Wildman–Crippen LogP) is 2.78. The predicted molar refractivity (Wildman–Crippen MR) is 91.4 cm³/mol. The van der Waals surface area contributed by atoms with Crippen LogP contribution < -0.4 is 9.46 Å². The topological polar surface area (TPSA) is 55.4 Å². The van der Waals surface area contributed by atoms with Crippen molar-refractivity contribution in [3.8, 4) is 17.6 Å². The minimum absolute atomic E-state index is 0.116. The van der Waals surface area contributed by atoms with Crippen molar-refractivity contribution in [2.75, 3.05) is 13.2 Å². The van der Waals surface area contributed by atoms with Gasteiger partial charge in [0, 0.05) is 5.56 Å². The lowest BCUT2D eigenvalue weighted by atomic mass is 10.2. The van der Waals surface area contributed by atoms with Gasteiger partial charge in [-0.15, -0.1) is 0 Å². The minimum atomic E-state index is -3.82. The van der Waals surface area contributed by atoms with Crippen molar-refractivity contribution in [3.05, 3.63) is 65.2 Å². The molecule has 2 aromatic carbocycles. The number of nitrogens with one attached hydrogen (secondary N) is 1. The fourth-order valence-electron chi connectivity index (χ4n) is 2.00. The summed E-state index contributed by atoms with van der Waals surface area (Å²) < 4.78 is 57.9. The quantitative estimate of drug-likeness (QED) is 0.801. The smallest absolute Gasteiger partial charge is 0.216 e. The van der Waals surface area contributed by atoms with Gasteiger partial charge in [-0.2, -0.15) is 0 Å². The third-order valence-corrected chi connectivity index (χ3v) is 4.53. The second kappa shape index (κ2) is 8.60. The standard InChI is InChI=1S/C18H17F2NO3S/c1-14-6-2-3-7-18(14)24-11-5-4-10-21-25(22,23)13-15-12-16(19)8-9-17(15)20/h2-3,6-9,12,21H,10-11,13H2,1H3. The molecule has 0 radical (unpaired) electrons. The molecule has 0 unspecified atom stereocenters. The van der Waals surface area contributed by atoms with Crippen LogP contribution in [0, 0.1) is 30.4 Å². The van der Waals surface area contributed by atoms with Gasteiger partial charge in [0.1, 0.15) is 24.0 Å². The summed E-state index contributed by atoms with van der Waals surface area (Å²) in [5.74, 6) is 3.88. The summed E-state index contributed by atoms with van der Waals surface area (Å²) in [6.07, 6.45) is 0. The van der Waals surface area contributed by atoms with E-state index in [2.05, 4.69) is 16.6 Å². The number of ether oxygens (including phenoxy) is 1. The molecule has 2 rings (SSSR count). The molecule has 0 fully saturated rings. The first-order valence-electron chi connectivity index (χ1n) is 7.43. The molecule has 0 saturated heterocycles. The summed E-state index contributed by atoms with van der Waals surface area (Å²) >= 11 is 0. The van der Waals surface area contributed by atoms with Crippen molar-refractivity contribution >= 4 is 10.0 Å². The Kier molecular flexibility index (Phi) is 6.51. The number of hydrogen-bond acceptors (Lipinski definition) is 3. The van der Waals surface area contributed by atoms with Gasteiger partial charge in [0.15, 0.2) is 0 Å². The maximum absolute atomic E-state index is 13.5. The van der Waals surface area contributed by atoms with Crippen LogP contribution in [0.25, 0.3) is 0 Å². The van der Waals surface area contributed by atoms with E-state index in [0.717, 1.165) is 23.8 Å². The highest BCUT2D eigenvalue weighted by molar-refractivity contribution is 7.88.